The van der Waals surface area contributed by atoms with E-state index in [-0.39, 0.29) is 5.25 Å². The predicted molar refractivity (Wildman–Crippen MR) is 75.4 cm³/mol. The van der Waals surface area contributed by atoms with Crippen molar-refractivity contribution in [1.29, 1.82) is 0 Å². The fraction of sp³-hybridized carbons (Fsp3) is 0.143. The van der Waals surface area contributed by atoms with Gasteiger partial charge in [0.15, 0.2) is 0 Å². The third-order valence-electron chi connectivity index (χ3n) is 2.64. The number of benzene rings is 2. The van der Waals surface area contributed by atoms with Gasteiger partial charge in [0.05, 0.1) is 20.9 Å². The van der Waals surface area contributed by atoms with Crippen LogP contribution in [0.25, 0.3) is 0 Å². The molecule has 0 saturated heterocycles. The van der Waals surface area contributed by atoms with E-state index in [4.69, 9.17) is 0 Å². The molecule has 0 aliphatic rings. The summed E-state index contributed by atoms with van der Waals surface area (Å²) in [5.74, 6) is 0. The number of halogens is 1. The lowest BCUT2D eigenvalue weighted by atomic mass is 10.2. The van der Waals surface area contributed by atoms with Gasteiger partial charge < -0.3 is 0 Å². The second kappa shape index (κ2) is 5.61. The van der Waals surface area contributed by atoms with Crippen LogP contribution in [-0.2, 0) is 10.8 Å². The van der Waals surface area contributed by atoms with Crippen molar-refractivity contribution in [2.24, 2.45) is 0 Å². The Balaban J connectivity index is 2.30. The molecule has 2 aromatic carbocycles. The molecule has 0 heterocycles. The first-order valence-electron chi connectivity index (χ1n) is 5.40. The van der Waals surface area contributed by atoms with Crippen molar-refractivity contribution in [1.82, 2.24) is 0 Å². The van der Waals surface area contributed by atoms with Crippen molar-refractivity contribution >= 4 is 26.7 Å². The summed E-state index contributed by atoms with van der Waals surface area (Å²) in [7, 11) is -1.04. The van der Waals surface area contributed by atoms with Crippen LogP contribution in [-0.4, -0.2) is 4.21 Å². The van der Waals surface area contributed by atoms with E-state index in [1.165, 1.54) is 0 Å². The third-order valence-corrected chi connectivity index (χ3v) is 5.30. The highest BCUT2D eigenvalue weighted by atomic mass is 79.9. The lowest BCUT2D eigenvalue weighted by molar-refractivity contribution is 0.675. The normalized spacial score (nSPS) is 14.2. The summed E-state index contributed by atoms with van der Waals surface area (Å²) in [6.45, 7) is 1.99. The topological polar surface area (TPSA) is 17.1 Å². The van der Waals surface area contributed by atoms with Crippen LogP contribution in [0.1, 0.15) is 17.7 Å². The zero-order valence-corrected chi connectivity index (χ0v) is 11.9. The minimum Gasteiger partial charge on any atom is -0.254 e. The molecule has 3 heteroatoms. The highest BCUT2D eigenvalue weighted by Crippen LogP contribution is 2.28. The second-order valence-corrected chi connectivity index (χ2v) is 6.38. The van der Waals surface area contributed by atoms with E-state index in [0.29, 0.717) is 0 Å². The monoisotopic (exact) mass is 308 g/mol. The predicted octanol–water partition coefficient (Wildman–Crippen LogP) is 4.32. The molecule has 88 valence electrons. The summed E-state index contributed by atoms with van der Waals surface area (Å²) in [5.41, 5.74) is 1.10. The molecule has 0 fully saturated rings. The van der Waals surface area contributed by atoms with E-state index in [1.807, 2.05) is 61.5 Å². The minimum atomic E-state index is -1.04. The summed E-state index contributed by atoms with van der Waals surface area (Å²) in [6.07, 6.45) is 0. The van der Waals surface area contributed by atoms with Crippen molar-refractivity contribution in [3.05, 3.63) is 64.6 Å². The van der Waals surface area contributed by atoms with Gasteiger partial charge in [-0.1, -0.05) is 42.5 Å². The van der Waals surface area contributed by atoms with Gasteiger partial charge in [-0.05, 0) is 40.5 Å². The van der Waals surface area contributed by atoms with Gasteiger partial charge in [-0.25, -0.2) is 0 Å². The fourth-order valence-electron chi connectivity index (χ4n) is 1.65. The number of rotatable bonds is 3. The molecule has 0 spiro atoms. The molecule has 0 bridgehead atoms. The number of hydrogen-bond acceptors (Lipinski definition) is 1. The first-order chi connectivity index (χ1) is 8.20. The SMILES string of the molecule is C[C@H](c1ccccc1)[S@](=O)c1ccccc1Br. The maximum absolute atomic E-state index is 12.4. The first kappa shape index (κ1) is 12.5. The summed E-state index contributed by atoms with van der Waals surface area (Å²) in [4.78, 5) is 0.851. The average molecular weight is 309 g/mol. The molecule has 0 unspecified atom stereocenters. The fourth-order valence-corrected chi connectivity index (χ4v) is 3.67. The van der Waals surface area contributed by atoms with E-state index < -0.39 is 10.8 Å². The molecule has 0 radical (unpaired) electrons. The Bertz CT molecular complexity index is 525. The highest BCUT2D eigenvalue weighted by molar-refractivity contribution is 9.10. The Morgan fingerprint density at radius 2 is 1.59 bits per heavy atom. The van der Waals surface area contributed by atoms with Crippen molar-refractivity contribution in [2.45, 2.75) is 17.1 Å². The maximum Gasteiger partial charge on any atom is 0.0616 e. The second-order valence-electron chi connectivity index (χ2n) is 3.78. The summed E-state index contributed by atoms with van der Waals surface area (Å²) in [5, 5.41) is -0.00472. The molecule has 0 N–H and O–H groups in total. The molecule has 2 atom stereocenters. The molecule has 0 aromatic heterocycles. The van der Waals surface area contributed by atoms with Crippen molar-refractivity contribution in [2.75, 3.05) is 0 Å². The van der Waals surface area contributed by atoms with Gasteiger partial charge in [-0.2, -0.15) is 0 Å². The molecule has 0 saturated carbocycles. The molecule has 17 heavy (non-hydrogen) atoms. The molecule has 2 rings (SSSR count). The van der Waals surface area contributed by atoms with Gasteiger partial charge >= 0.3 is 0 Å². The average Bonchev–Trinajstić information content (AvgIpc) is 2.39. The van der Waals surface area contributed by atoms with Gasteiger partial charge in [0.1, 0.15) is 0 Å². The molecule has 0 aliphatic carbocycles. The summed E-state index contributed by atoms with van der Waals surface area (Å²) < 4.78 is 13.4. The Kier molecular flexibility index (Phi) is 4.13. The lowest BCUT2D eigenvalue weighted by Gasteiger charge is -2.12. The Hall–Kier alpha value is -0.930. The smallest absolute Gasteiger partial charge is 0.0616 e. The molecule has 0 amide bonds. The summed E-state index contributed by atoms with van der Waals surface area (Å²) in [6, 6.07) is 17.6. The molecular weight excluding hydrogens is 296 g/mol. The lowest BCUT2D eigenvalue weighted by Crippen LogP contribution is -2.03. The quantitative estimate of drug-likeness (QED) is 0.825. The van der Waals surface area contributed by atoms with Crippen LogP contribution in [0.5, 0.6) is 0 Å². The maximum atomic E-state index is 12.4. The van der Waals surface area contributed by atoms with E-state index in [9.17, 15) is 4.21 Å². The molecular formula is C14H13BrOS. The molecule has 0 aliphatic heterocycles. The van der Waals surface area contributed by atoms with E-state index >= 15 is 0 Å². The van der Waals surface area contributed by atoms with Crippen LogP contribution in [0, 0.1) is 0 Å². The Labute approximate surface area is 112 Å². The van der Waals surface area contributed by atoms with Gasteiger partial charge in [-0.15, -0.1) is 0 Å². The van der Waals surface area contributed by atoms with Gasteiger partial charge in [0.2, 0.25) is 0 Å². The minimum absolute atomic E-state index is 0.00472. The highest BCUT2D eigenvalue weighted by Gasteiger charge is 2.16. The van der Waals surface area contributed by atoms with E-state index in [0.717, 1.165) is 14.9 Å². The van der Waals surface area contributed by atoms with Crippen LogP contribution in [0.4, 0.5) is 0 Å². The first-order valence-corrected chi connectivity index (χ1v) is 7.41. The van der Waals surface area contributed by atoms with Crippen molar-refractivity contribution in [3.8, 4) is 0 Å². The van der Waals surface area contributed by atoms with Crippen LogP contribution >= 0.6 is 15.9 Å². The van der Waals surface area contributed by atoms with Gasteiger partial charge in [0.25, 0.3) is 0 Å². The van der Waals surface area contributed by atoms with Crippen molar-refractivity contribution < 1.29 is 4.21 Å². The Morgan fingerprint density at radius 3 is 2.24 bits per heavy atom. The van der Waals surface area contributed by atoms with Crippen LogP contribution in [0.2, 0.25) is 0 Å². The zero-order chi connectivity index (χ0) is 12.3. The Morgan fingerprint density at radius 1 is 1.00 bits per heavy atom. The zero-order valence-electron chi connectivity index (χ0n) is 9.47. The van der Waals surface area contributed by atoms with Gasteiger partial charge in [0, 0.05) is 4.47 Å². The molecule has 2 aromatic rings. The molecule has 1 nitrogen and oxygen atoms in total. The summed E-state index contributed by atoms with van der Waals surface area (Å²) >= 11 is 3.44. The standard InChI is InChI=1S/C14H13BrOS/c1-11(12-7-3-2-4-8-12)17(16)14-10-6-5-9-13(14)15/h2-11H,1H3/t11-,17+/m1/s1. The van der Waals surface area contributed by atoms with Crippen LogP contribution in [0.3, 0.4) is 0 Å². The van der Waals surface area contributed by atoms with E-state index in [1.54, 1.807) is 0 Å². The van der Waals surface area contributed by atoms with Crippen LogP contribution < -0.4 is 0 Å². The van der Waals surface area contributed by atoms with Crippen LogP contribution in [0.15, 0.2) is 64.0 Å². The largest absolute Gasteiger partial charge is 0.254 e. The van der Waals surface area contributed by atoms with Crippen molar-refractivity contribution in [3.63, 3.8) is 0 Å². The number of hydrogen-bond donors (Lipinski definition) is 0. The van der Waals surface area contributed by atoms with Gasteiger partial charge in [-0.3, -0.25) is 4.21 Å². The third kappa shape index (κ3) is 2.85. The van der Waals surface area contributed by atoms with E-state index in [2.05, 4.69) is 15.9 Å².